The molecule has 2 aromatic rings. The van der Waals surface area contributed by atoms with Crippen molar-refractivity contribution in [3.8, 4) is 0 Å². The number of aromatic amines is 1. The van der Waals surface area contributed by atoms with E-state index in [0.29, 0.717) is 17.9 Å². The fourth-order valence-corrected chi connectivity index (χ4v) is 3.21. The summed E-state index contributed by atoms with van der Waals surface area (Å²) in [4.78, 5) is 7.49. The first-order valence-electron chi connectivity index (χ1n) is 7.20. The molecule has 3 rings (SSSR count). The first-order chi connectivity index (χ1) is 9.66. The second-order valence-electron chi connectivity index (χ2n) is 5.74. The standard InChI is InChI=1S/C15H19F2N3/c16-10-5-6-11-13(12(10)17)20-14(19-11)15(9-18)7-3-1-2-4-8-15/h5-6H,1-4,7-9,18H2,(H,19,20). The van der Waals surface area contributed by atoms with Gasteiger partial charge in [0.1, 0.15) is 11.3 Å². The highest BCUT2D eigenvalue weighted by Crippen LogP contribution is 2.37. The Balaban J connectivity index is 2.10. The zero-order valence-electron chi connectivity index (χ0n) is 11.4. The van der Waals surface area contributed by atoms with E-state index in [1.807, 2.05) is 0 Å². The molecule has 0 radical (unpaired) electrons. The van der Waals surface area contributed by atoms with Crippen molar-refractivity contribution in [3.63, 3.8) is 0 Å². The number of aromatic nitrogens is 2. The van der Waals surface area contributed by atoms with Crippen molar-refractivity contribution in [2.45, 2.75) is 43.9 Å². The van der Waals surface area contributed by atoms with E-state index in [2.05, 4.69) is 9.97 Å². The summed E-state index contributed by atoms with van der Waals surface area (Å²) < 4.78 is 27.1. The monoisotopic (exact) mass is 279 g/mol. The number of fused-ring (bicyclic) bond motifs is 1. The Kier molecular flexibility index (Phi) is 3.46. The molecule has 20 heavy (non-hydrogen) atoms. The van der Waals surface area contributed by atoms with Crippen LogP contribution >= 0.6 is 0 Å². The number of H-pyrrole nitrogens is 1. The summed E-state index contributed by atoms with van der Waals surface area (Å²) in [6, 6.07) is 2.66. The van der Waals surface area contributed by atoms with Crippen LogP contribution in [0, 0.1) is 11.6 Å². The molecule has 5 heteroatoms. The van der Waals surface area contributed by atoms with E-state index in [4.69, 9.17) is 5.73 Å². The summed E-state index contributed by atoms with van der Waals surface area (Å²) in [6.07, 6.45) is 6.51. The second-order valence-corrected chi connectivity index (χ2v) is 5.74. The van der Waals surface area contributed by atoms with Gasteiger partial charge in [-0.2, -0.15) is 0 Å². The Bertz CT molecular complexity index is 613. The van der Waals surface area contributed by atoms with Gasteiger partial charge in [-0.05, 0) is 25.0 Å². The molecule has 3 nitrogen and oxygen atoms in total. The molecule has 1 aromatic carbocycles. The quantitative estimate of drug-likeness (QED) is 0.828. The summed E-state index contributed by atoms with van der Waals surface area (Å²) in [5.41, 5.74) is 6.40. The fourth-order valence-electron chi connectivity index (χ4n) is 3.21. The van der Waals surface area contributed by atoms with Crippen molar-refractivity contribution >= 4 is 11.0 Å². The minimum atomic E-state index is -0.884. The molecule has 0 atom stereocenters. The normalized spacial score (nSPS) is 19.1. The zero-order chi connectivity index (χ0) is 14.2. The van der Waals surface area contributed by atoms with E-state index in [0.717, 1.165) is 31.7 Å². The Morgan fingerprint density at radius 2 is 1.85 bits per heavy atom. The van der Waals surface area contributed by atoms with Gasteiger partial charge in [-0.3, -0.25) is 0 Å². The van der Waals surface area contributed by atoms with Crippen LogP contribution < -0.4 is 5.73 Å². The molecule has 108 valence electrons. The molecule has 0 saturated heterocycles. The summed E-state index contributed by atoms with van der Waals surface area (Å²) >= 11 is 0. The van der Waals surface area contributed by atoms with Gasteiger partial charge < -0.3 is 10.7 Å². The van der Waals surface area contributed by atoms with Crippen molar-refractivity contribution in [2.24, 2.45) is 5.73 Å². The van der Waals surface area contributed by atoms with Crippen molar-refractivity contribution in [1.82, 2.24) is 9.97 Å². The average molecular weight is 279 g/mol. The van der Waals surface area contributed by atoms with Crippen LogP contribution in [0.3, 0.4) is 0 Å². The van der Waals surface area contributed by atoms with Crippen LogP contribution in [0.4, 0.5) is 8.78 Å². The predicted molar refractivity (Wildman–Crippen MR) is 74.4 cm³/mol. The maximum atomic E-state index is 13.8. The smallest absolute Gasteiger partial charge is 0.186 e. The molecule has 1 saturated carbocycles. The van der Waals surface area contributed by atoms with Crippen LogP contribution in [0.15, 0.2) is 12.1 Å². The van der Waals surface area contributed by atoms with Crippen LogP contribution in [0.2, 0.25) is 0 Å². The van der Waals surface area contributed by atoms with E-state index < -0.39 is 11.6 Å². The number of halogens is 2. The van der Waals surface area contributed by atoms with Crippen molar-refractivity contribution in [1.29, 1.82) is 0 Å². The van der Waals surface area contributed by atoms with E-state index in [-0.39, 0.29) is 10.9 Å². The summed E-state index contributed by atoms with van der Waals surface area (Å²) in [5, 5.41) is 0. The number of rotatable bonds is 2. The van der Waals surface area contributed by atoms with Crippen LogP contribution in [-0.4, -0.2) is 16.5 Å². The minimum absolute atomic E-state index is 0.0806. The highest BCUT2D eigenvalue weighted by molar-refractivity contribution is 5.76. The molecule has 0 aliphatic heterocycles. The molecule has 0 bridgehead atoms. The van der Waals surface area contributed by atoms with Crippen LogP contribution in [0.5, 0.6) is 0 Å². The first-order valence-corrected chi connectivity index (χ1v) is 7.20. The lowest BCUT2D eigenvalue weighted by Gasteiger charge is -2.29. The number of nitrogens with one attached hydrogen (secondary N) is 1. The Morgan fingerprint density at radius 1 is 1.15 bits per heavy atom. The van der Waals surface area contributed by atoms with Gasteiger partial charge in [-0.15, -0.1) is 0 Å². The van der Waals surface area contributed by atoms with Crippen molar-refractivity contribution < 1.29 is 8.78 Å². The topological polar surface area (TPSA) is 54.7 Å². The Morgan fingerprint density at radius 3 is 2.50 bits per heavy atom. The van der Waals surface area contributed by atoms with Gasteiger partial charge in [-0.1, -0.05) is 25.7 Å². The summed E-state index contributed by atoms with van der Waals surface area (Å²) in [7, 11) is 0. The average Bonchev–Trinajstić information content (AvgIpc) is 2.75. The van der Waals surface area contributed by atoms with Crippen molar-refractivity contribution in [2.75, 3.05) is 6.54 Å². The van der Waals surface area contributed by atoms with Crippen LogP contribution in [0.25, 0.3) is 11.0 Å². The number of nitrogens with two attached hydrogens (primary N) is 1. The SMILES string of the molecule is NCC1(c2nc3c(F)c(F)ccc3[nH]2)CCCCCC1. The number of nitrogens with zero attached hydrogens (tertiary/aromatic N) is 1. The molecule has 0 amide bonds. The lowest BCUT2D eigenvalue weighted by Crippen LogP contribution is -2.35. The van der Waals surface area contributed by atoms with E-state index in [1.54, 1.807) is 0 Å². The van der Waals surface area contributed by atoms with Gasteiger partial charge >= 0.3 is 0 Å². The molecule has 0 unspecified atom stereocenters. The lowest BCUT2D eigenvalue weighted by molar-refractivity contribution is 0.362. The molecular formula is C15H19F2N3. The molecule has 3 N–H and O–H groups in total. The van der Waals surface area contributed by atoms with Crippen LogP contribution in [0.1, 0.15) is 44.3 Å². The Labute approximate surface area is 116 Å². The largest absolute Gasteiger partial charge is 0.341 e. The number of hydrogen-bond acceptors (Lipinski definition) is 2. The van der Waals surface area contributed by atoms with Crippen molar-refractivity contribution in [3.05, 3.63) is 29.6 Å². The maximum absolute atomic E-state index is 13.8. The molecule has 1 aliphatic rings. The lowest BCUT2D eigenvalue weighted by atomic mass is 9.79. The molecule has 0 spiro atoms. The highest BCUT2D eigenvalue weighted by Gasteiger charge is 2.34. The van der Waals surface area contributed by atoms with E-state index >= 15 is 0 Å². The zero-order valence-corrected chi connectivity index (χ0v) is 11.4. The summed E-state index contributed by atoms with van der Waals surface area (Å²) in [6.45, 7) is 0.483. The van der Waals surface area contributed by atoms with Gasteiger partial charge in [0.15, 0.2) is 11.6 Å². The third-order valence-corrected chi connectivity index (χ3v) is 4.50. The van der Waals surface area contributed by atoms with Gasteiger partial charge in [0.25, 0.3) is 0 Å². The number of benzene rings is 1. The predicted octanol–water partition coefficient (Wildman–Crippen LogP) is 3.39. The maximum Gasteiger partial charge on any atom is 0.186 e. The molecule has 1 fully saturated rings. The molecule has 1 aromatic heterocycles. The number of hydrogen-bond donors (Lipinski definition) is 2. The highest BCUT2D eigenvalue weighted by atomic mass is 19.2. The number of imidazole rings is 1. The first kappa shape index (κ1) is 13.5. The second kappa shape index (κ2) is 5.13. The van der Waals surface area contributed by atoms with E-state index in [1.165, 1.54) is 18.9 Å². The van der Waals surface area contributed by atoms with E-state index in [9.17, 15) is 8.78 Å². The molecular weight excluding hydrogens is 260 g/mol. The minimum Gasteiger partial charge on any atom is -0.341 e. The van der Waals surface area contributed by atoms with Crippen LogP contribution in [-0.2, 0) is 5.41 Å². The van der Waals surface area contributed by atoms with Gasteiger partial charge in [0.05, 0.1) is 5.52 Å². The van der Waals surface area contributed by atoms with Gasteiger partial charge in [0.2, 0.25) is 0 Å². The third kappa shape index (κ3) is 2.10. The molecule has 1 aliphatic carbocycles. The van der Waals surface area contributed by atoms with Gasteiger partial charge in [-0.25, -0.2) is 13.8 Å². The third-order valence-electron chi connectivity index (χ3n) is 4.50. The summed E-state index contributed by atoms with van der Waals surface area (Å²) in [5.74, 6) is -1.04. The fraction of sp³-hybridized carbons (Fsp3) is 0.533. The van der Waals surface area contributed by atoms with Gasteiger partial charge in [0, 0.05) is 12.0 Å². The molecule has 1 heterocycles. The Hall–Kier alpha value is -1.49.